The van der Waals surface area contributed by atoms with Gasteiger partial charge >= 0.3 is 0 Å². The Bertz CT molecular complexity index is 696. The molecule has 0 saturated carbocycles. The van der Waals surface area contributed by atoms with Crippen LogP contribution in [0.4, 0.5) is 0 Å². The van der Waals surface area contributed by atoms with E-state index in [1.807, 2.05) is 36.4 Å². The fourth-order valence-electron chi connectivity index (χ4n) is 2.32. The summed E-state index contributed by atoms with van der Waals surface area (Å²) in [6.45, 7) is -0.0706. The molecule has 1 atom stereocenters. The lowest BCUT2D eigenvalue weighted by atomic mass is 10.0. The maximum absolute atomic E-state index is 11.5. The van der Waals surface area contributed by atoms with Gasteiger partial charge in [0.1, 0.15) is 12.9 Å². The SMILES string of the molecule is COCC(=O)N[C@H](C=O)Cc1ccc(-c2cc(Cl)cc(Cl)c2)cc1. The molecule has 0 fully saturated rings. The Morgan fingerprint density at radius 3 is 2.29 bits per heavy atom. The lowest BCUT2D eigenvalue weighted by Crippen LogP contribution is -2.39. The fourth-order valence-corrected chi connectivity index (χ4v) is 2.85. The third kappa shape index (κ3) is 5.34. The van der Waals surface area contributed by atoms with E-state index >= 15 is 0 Å². The average Bonchev–Trinajstić information content (AvgIpc) is 2.54. The number of methoxy groups -OCH3 is 1. The molecule has 0 aliphatic carbocycles. The summed E-state index contributed by atoms with van der Waals surface area (Å²) >= 11 is 12.0. The molecule has 0 aliphatic heterocycles. The Kier molecular flexibility index (Phi) is 6.79. The molecule has 6 heteroatoms. The predicted octanol–water partition coefficient (Wildman–Crippen LogP) is 3.53. The smallest absolute Gasteiger partial charge is 0.246 e. The highest BCUT2D eigenvalue weighted by Crippen LogP contribution is 2.27. The second-order valence-electron chi connectivity index (χ2n) is 5.30. The number of benzene rings is 2. The zero-order valence-electron chi connectivity index (χ0n) is 13.1. The molecule has 0 aromatic heterocycles. The molecule has 0 unspecified atom stereocenters. The number of halogens is 2. The molecule has 0 aliphatic rings. The Morgan fingerprint density at radius 1 is 1.12 bits per heavy atom. The number of amides is 1. The molecule has 0 spiro atoms. The highest BCUT2D eigenvalue weighted by Gasteiger charge is 2.12. The molecular weight excluding hydrogens is 349 g/mol. The predicted molar refractivity (Wildman–Crippen MR) is 95.5 cm³/mol. The normalized spacial score (nSPS) is 11.8. The van der Waals surface area contributed by atoms with Crippen molar-refractivity contribution in [2.45, 2.75) is 12.5 Å². The number of hydrogen-bond donors (Lipinski definition) is 1. The quantitative estimate of drug-likeness (QED) is 0.763. The summed E-state index contributed by atoms with van der Waals surface area (Å²) in [6, 6.07) is 12.4. The molecule has 0 radical (unpaired) electrons. The average molecular weight is 366 g/mol. The number of ether oxygens (including phenoxy) is 1. The van der Waals surface area contributed by atoms with Crippen molar-refractivity contribution in [2.24, 2.45) is 0 Å². The summed E-state index contributed by atoms with van der Waals surface area (Å²) in [7, 11) is 1.43. The number of carbonyl (C=O) groups excluding carboxylic acids is 2. The van der Waals surface area contributed by atoms with Crippen molar-refractivity contribution >= 4 is 35.4 Å². The second kappa shape index (κ2) is 8.83. The minimum atomic E-state index is -0.584. The summed E-state index contributed by atoms with van der Waals surface area (Å²) in [5.41, 5.74) is 2.82. The van der Waals surface area contributed by atoms with Gasteiger partial charge in [-0.2, -0.15) is 0 Å². The number of carbonyl (C=O) groups is 2. The van der Waals surface area contributed by atoms with Crippen molar-refractivity contribution in [3.05, 3.63) is 58.1 Å². The maximum Gasteiger partial charge on any atom is 0.246 e. The molecule has 24 heavy (non-hydrogen) atoms. The Balaban J connectivity index is 2.08. The van der Waals surface area contributed by atoms with Gasteiger partial charge in [-0.1, -0.05) is 47.5 Å². The van der Waals surface area contributed by atoms with E-state index in [-0.39, 0.29) is 12.5 Å². The van der Waals surface area contributed by atoms with E-state index in [0.717, 1.165) is 23.0 Å². The Morgan fingerprint density at radius 2 is 1.75 bits per heavy atom. The van der Waals surface area contributed by atoms with Crippen LogP contribution in [0.2, 0.25) is 10.0 Å². The van der Waals surface area contributed by atoms with E-state index in [1.165, 1.54) is 7.11 Å². The first-order valence-electron chi connectivity index (χ1n) is 7.31. The summed E-state index contributed by atoms with van der Waals surface area (Å²) < 4.78 is 4.73. The maximum atomic E-state index is 11.5. The minimum absolute atomic E-state index is 0.0706. The summed E-state index contributed by atoms with van der Waals surface area (Å²) in [6.07, 6.45) is 1.13. The zero-order valence-corrected chi connectivity index (χ0v) is 14.6. The molecule has 4 nitrogen and oxygen atoms in total. The lowest BCUT2D eigenvalue weighted by molar-refractivity contribution is -0.127. The summed E-state index contributed by atoms with van der Waals surface area (Å²) in [4.78, 5) is 22.6. The van der Waals surface area contributed by atoms with Gasteiger partial charge < -0.3 is 14.8 Å². The number of nitrogens with one attached hydrogen (secondary N) is 1. The van der Waals surface area contributed by atoms with Gasteiger partial charge in [0.2, 0.25) is 5.91 Å². The number of aldehydes is 1. The minimum Gasteiger partial charge on any atom is -0.375 e. The third-order valence-electron chi connectivity index (χ3n) is 3.39. The first-order valence-corrected chi connectivity index (χ1v) is 8.06. The van der Waals surface area contributed by atoms with Crippen LogP contribution in [0.25, 0.3) is 11.1 Å². The Hall–Kier alpha value is -1.88. The van der Waals surface area contributed by atoms with E-state index in [1.54, 1.807) is 6.07 Å². The van der Waals surface area contributed by atoms with Crippen molar-refractivity contribution in [1.82, 2.24) is 5.32 Å². The van der Waals surface area contributed by atoms with E-state index in [0.29, 0.717) is 16.5 Å². The standard InChI is InChI=1S/C18H17Cl2NO3/c1-24-11-18(23)21-17(10-22)6-12-2-4-13(5-3-12)14-7-15(19)9-16(20)8-14/h2-5,7-10,17H,6,11H2,1H3,(H,21,23)/t17-/m0/s1. The van der Waals surface area contributed by atoms with Crippen molar-refractivity contribution < 1.29 is 14.3 Å². The van der Waals surface area contributed by atoms with Gasteiger partial charge in [0, 0.05) is 17.2 Å². The third-order valence-corrected chi connectivity index (χ3v) is 3.83. The molecule has 0 saturated heterocycles. The van der Waals surface area contributed by atoms with Crippen molar-refractivity contribution in [1.29, 1.82) is 0 Å². The second-order valence-corrected chi connectivity index (χ2v) is 6.18. The van der Waals surface area contributed by atoms with Crippen LogP contribution >= 0.6 is 23.2 Å². The van der Waals surface area contributed by atoms with E-state index in [2.05, 4.69) is 5.32 Å². The molecule has 2 aromatic carbocycles. The van der Waals surface area contributed by atoms with E-state index in [9.17, 15) is 9.59 Å². The van der Waals surface area contributed by atoms with Gasteiger partial charge in [0.25, 0.3) is 0 Å². The lowest BCUT2D eigenvalue weighted by Gasteiger charge is -2.13. The van der Waals surface area contributed by atoms with Crippen molar-refractivity contribution in [3.63, 3.8) is 0 Å². The molecule has 1 N–H and O–H groups in total. The van der Waals surface area contributed by atoms with Crippen LogP contribution in [-0.2, 0) is 20.7 Å². The number of hydrogen-bond acceptors (Lipinski definition) is 3. The van der Waals surface area contributed by atoms with Crippen LogP contribution in [0.3, 0.4) is 0 Å². The highest BCUT2D eigenvalue weighted by molar-refractivity contribution is 6.35. The first-order chi connectivity index (χ1) is 11.5. The molecule has 126 valence electrons. The van der Waals surface area contributed by atoms with Crippen LogP contribution in [0, 0.1) is 0 Å². The largest absolute Gasteiger partial charge is 0.375 e. The summed E-state index contributed by atoms with van der Waals surface area (Å²) in [5, 5.41) is 3.76. The van der Waals surface area contributed by atoms with Crippen molar-refractivity contribution in [3.8, 4) is 11.1 Å². The molecule has 0 bridgehead atoms. The van der Waals surface area contributed by atoms with E-state index in [4.69, 9.17) is 27.9 Å². The molecule has 0 heterocycles. The summed E-state index contributed by atoms with van der Waals surface area (Å²) in [5.74, 6) is -0.320. The highest BCUT2D eigenvalue weighted by atomic mass is 35.5. The Labute approximate surface area is 150 Å². The van der Waals surface area contributed by atoms with Crippen LogP contribution < -0.4 is 5.32 Å². The molecule has 1 amide bonds. The van der Waals surface area contributed by atoms with Gasteiger partial charge in [0.05, 0.1) is 6.04 Å². The topological polar surface area (TPSA) is 55.4 Å². The van der Waals surface area contributed by atoms with Crippen LogP contribution in [0.1, 0.15) is 5.56 Å². The van der Waals surface area contributed by atoms with Crippen LogP contribution in [0.15, 0.2) is 42.5 Å². The fraction of sp³-hybridized carbons (Fsp3) is 0.222. The van der Waals surface area contributed by atoms with Gasteiger partial charge in [-0.05, 0) is 41.3 Å². The van der Waals surface area contributed by atoms with Gasteiger partial charge in [-0.3, -0.25) is 4.79 Å². The van der Waals surface area contributed by atoms with Crippen molar-refractivity contribution in [2.75, 3.05) is 13.7 Å². The van der Waals surface area contributed by atoms with Gasteiger partial charge in [-0.15, -0.1) is 0 Å². The van der Waals surface area contributed by atoms with Gasteiger partial charge in [-0.25, -0.2) is 0 Å². The molecule has 2 aromatic rings. The van der Waals surface area contributed by atoms with Gasteiger partial charge in [0.15, 0.2) is 0 Å². The molecule has 2 rings (SSSR count). The van der Waals surface area contributed by atoms with E-state index < -0.39 is 6.04 Å². The van der Waals surface area contributed by atoms with Crippen LogP contribution in [0.5, 0.6) is 0 Å². The zero-order chi connectivity index (χ0) is 17.5. The van der Waals surface area contributed by atoms with Crippen LogP contribution in [-0.4, -0.2) is 32.0 Å². The number of rotatable bonds is 7. The monoisotopic (exact) mass is 365 g/mol. The first kappa shape index (κ1) is 18.5. The molecular formula is C18H17Cl2NO3.